The molecule has 0 aliphatic carbocycles. The molecule has 0 unspecified atom stereocenters. The summed E-state index contributed by atoms with van der Waals surface area (Å²) < 4.78 is 6.73. The van der Waals surface area contributed by atoms with Crippen molar-refractivity contribution in [1.29, 1.82) is 0 Å². The van der Waals surface area contributed by atoms with Gasteiger partial charge in [0.05, 0.1) is 17.7 Å². The molecule has 0 atom stereocenters. The van der Waals surface area contributed by atoms with Gasteiger partial charge < -0.3 is 9.84 Å². The van der Waals surface area contributed by atoms with Gasteiger partial charge in [-0.1, -0.05) is 0 Å². The molecule has 2 rings (SSSR count). The van der Waals surface area contributed by atoms with Crippen LogP contribution in [0.5, 0.6) is 11.5 Å². The number of aromatic nitrogens is 3. The molecule has 0 spiro atoms. The molecule has 9 nitrogen and oxygen atoms in total. The van der Waals surface area contributed by atoms with Crippen LogP contribution in [0.4, 0.5) is 5.69 Å². The van der Waals surface area contributed by atoms with Crippen molar-refractivity contribution in [2.75, 3.05) is 6.61 Å². The summed E-state index contributed by atoms with van der Waals surface area (Å²) in [5.41, 5.74) is -0.0794. The monoisotopic (exact) mass is 309 g/mol. The van der Waals surface area contributed by atoms with Gasteiger partial charge in [-0.15, -0.1) is 0 Å². The number of hydrogen-bond donors (Lipinski definition) is 2. The molecule has 0 saturated carbocycles. The Morgan fingerprint density at radius 2 is 2.43 bits per heavy atom. The van der Waals surface area contributed by atoms with Gasteiger partial charge in [0.1, 0.15) is 6.33 Å². The molecule has 1 aromatic carbocycles. The van der Waals surface area contributed by atoms with Gasteiger partial charge >= 0.3 is 5.69 Å². The number of hydrogen-bond acceptors (Lipinski definition) is 7. The molecule has 10 heteroatoms. The SMILES string of the molecule is CCOc1cc(/C=N/n2cn[nH]c2=S)cc([N+](=O)[O-])c1O. The molecule has 0 aliphatic heterocycles. The fraction of sp³-hybridized carbons (Fsp3) is 0.182. The lowest BCUT2D eigenvalue weighted by molar-refractivity contribution is -0.386. The number of phenolic OH excluding ortho intramolecular Hbond substituents is 1. The van der Waals surface area contributed by atoms with Crippen molar-refractivity contribution in [3.05, 3.63) is 38.9 Å². The van der Waals surface area contributed by atoms with Crippen LogP contribution < -0.4 is 4.74 Å². The van der Waals surface area contributed by atoms with E-state index in [2.05, 4.69) is 15.3 Å². The number of ether oxygens (including phenoxy) is 1. The Hall–Kier alpha value is -2.75. The van der Waals surface area contributed by atoms with Gasteiger partial charge in [-0.3, -0.25) is 15.2 Å². The molecule has 0 radical (unpaired) electrons. The first-order chi connectivity index (χ1) is 10.0. The molecule has 2 N–H and O–H groups in total. The Bertz CT molecular complexity index is 751. The molecular formula is C11H11N5O4S. The molecule has 21 heavy (non-hydrogen) atoms. The Kier molecular flexibility index (Phi) is 4.28. The number of nitro groups is 1. The van der Waals surface area contributed by atoms with Crippen molar-refractivity contribution in [2.45, 2.75) is 6.92 Å². The van der Waals surface area contributed by atoms with E-state index in [1.54, 1.807) is 6.92 Å². The zero-order valence-corrected chi connectivity index (χ0v) is 11.7. The normalized spacial score (nSPS) is 10.9. The number of aromatic hydroxyl groups is 1. The number of phenols is 1. The fourth-order valence-corrected chi connectivity index (χ4v) is 1.69. The standard InChI is InChI=1S/C11H11N5O4S/c1-2-20-9-4-7(3-8(10(9)17)16(18)19)5-13-15-6-12-14-11(15)21/h3-6,17H,2H2,1H3,(H,14,21)/b13-5+. The third kappa shape index (κ3) is 3.23. The fourth-order valence-electron chi connectivity index (χ4n) is 1.55. The summed E-state index contributed by atoms with van der Waals surface area (Å²) in [5, 5.41) is 30.9. The summed E-state index contributed by atoms with van der Waals surface area (Å²) in [6, 6.07) is 2.63. The van der Waals surface area contributed by atoms with E-state index >= 15 is 0 Å². The minimum Gasteiger partial charge on any atom is -0.500 e. The number of rotatable bonds is 5. The second-order valence-corrected chi connectivity index (χ2v) is 4.21. The highest BCUT2D eigenvalue weighted by Gasteiger charge is 2.19. The van der Waals surface area contributed by atoms with E-state index in [9.17, 15) is 15.2 Å². The minimum atomic E-state index is -0.696. The Balaban J connectivity index is 2.44. The molecular weight excluding hydrogens is 298 g/mol. The van der Waals surface area contributed by atoms with Crippen LogP contribution >= 0.6 is 12.2 Å². The zero-order valence-electron chi connectivity index (χ0n) is 10.9. The Morgan fingerprint density at radius 1 is 1.67 bits per heavy atom. The lowest BCUT2D eigenvalue weighted by Crippen LogP contribution is -1.98. The summed E-state index contributed by atoms with van der Waals surface area (Å²) >= 11 is 4.91. The van der Waals surface area contributed by atoms with Gasteiger partial charge in [0, 0.05) is 11.6 Å². The zero-order chi connectivity index (χ0) is 15.4. The predicted molar refractivity (Wildman–Crippen MR) is 76.3 cm³/mol. The van der Waals surface area contributed by atoms with Gasteiger partial charge in [0.15, 0.2) is 5.75 Å². The summed E-state index contributed by atoms with van der Waals surface area (Å²) in [5.74, 6) is -0.497. The quantitative estimate of drug-likeness (QED) is 0.376. The molecule has 0 amide bonds. The lowest BCUT2D eigenvalue weighted by Gasteiger charge is -2.07. The van der Waals surface area contributed by atoms with Crippen LogP contribution in [-0.4, -0.2) is 37.7 Å². The lowest BCUT2D eigenvalue weighted by atomic mass is 10.2. The second kappa shape index (κ2) is 6.13. The summed E-state index contributed by atoms with van der Waals surface area (Å²) in [6.45, 7) is 1.97. The highest BCUT2D eigenvalue weighted by molar-refractivity contribution is 7.71. The van der Waals surface area contributed by atoms with Crippen molar-refractivity contribution < 1.29 is 14.8 Å². The molecule has 1 heterocycles. The number of H-pyrrole nitrogens is 1. The number of benzene rings is 1. The minimum absolute atomic E-state index is 0.0175. The summed E-state index contributed by atoms with van der Waals surface area (Å²) in [7, 11) is 0. The van der Waals surface area contributed by atoms with Crippen molar-refractivity contribution in [3.8, 4) is 11.5 Å². The van der Waals surface area contributed by atoms with Gasteiger partial charge in [0.25, 0.3) is 0 Å². The maximum atomic E-state index is 10.9. The number of aromatic amines is 1. The van der Waals surface area contributed by atoms with Crippen molar-refractivity contribution in [1.82, 2.24) is 14.9 Å². The van der Waals surface area contributed by atoms with Crippen molar-refractivity contribution in [2.24, 2.45) is 5.10 Å². The van der Waals surface area contributed by atoms with Crippen LogP contribution in [0.25, 0.3) is 0 Å². The van der Waals surface area contributed by atoms with Crippen molar-refractivity contribution in [3.63, 3.8) is 0 Å². The van der Waals surface area contributed by atoms with E-state index in [1.807, 2.05) is 0 Å². The van der Waals surface area contributed by atoms with Gasteiger partial charge in [-0.05, 0) is 25.2 Å². The largest absolute Gasteiger partial charge is 0.500 e. The first kappa shape index (κ1) is 14.7. The van der Waals surface area contributed by atoms with E-state index in [0.29, 0.717) is 5.56 Å². The van der Waals surface area contributed by atoms with Crippen LogP contribution in [0, 0.1) is 14.9 Å². The molecule has 2 aromatic rings. The van der Waals surface area contributed by atoms with Crippen molar-refractivity contribution >= 4 is 24.1 Å². The highest BCUT2D eigenvalue weighted by Crippen LogP contribution is 2.36. The van der Waals surface area contributed by atoms with Gasteiger partial charge in [-0.25, -0.2) is 0 Å². The van der Waals surface area contributed by atoms with Crippen LogP contribution in [0.1, 0.15) is 12.5 Å². The maximum Gasteiger partial charge on any atom is 0.315 e. The van der Waals surface area contributed by atoms with Gasteiger partial charge in [0.2, 0.25) is 10.5 Å². The smallest absolute Gasteiger partial charge is 0.315 e. The number of nitro benzene ring substituents is 1. The second-order valence-electron chi connectivity index (χ2n) is 3.83. The summed E-state index contributed by atoms with van der Waals surface area (Å²) in [4.78, 5) is 10.2. The molecule has 0 saturated heterocycles. The third-order valence-electron chi connectivity index (χ3n) is 2.44. The van der Waals surface area contributed by atoms with E-state index in [1.165, 1.54) is 29.4 Å². The summed E-state index contributed by atoms with van der Waals surface area (Å²) in [6.07, 6.45) is 2.71. The van der Waals surface area contributed by atoms with E-state index in [4.69, 9.17) is 17.0 Å². The first-order valence-electron chi connectivity index (χ1n) is 5.83. The van der Waals surface area contributed by atoms with Gasteiger partial charge in [-0.2, -0.15) is 14.9 Å². The number of nitrogens with one attached hydrogen (secondary N) is 1. The highest BCUT2D eigenvalue weighted by atomic mass is 32.1. The topological polar surface area (TPSA) is 119 Å². The van der Waals surface area contributed by atoms with E-state index in [0.717, 1.165) is 0 Å². The van der Waals surface area contributed by atoms with E-state index < -0.39 is 16.4 Å². The van der Waals surface area contributed by atoms with E-state index in [-0.39, 0.29) is 17.1 Å². The maximum absolute atomic E-state index is 10.9. The molecule has 0 fully saturated rings. The third-order valence-corrected chi connectivity index (χ3v) is 2.72. The molecule has 1 aromatic heterocycles. The van der Waals surface area contributed by atoms with Crippen LogP contribution in [-0.2, 0) is 0 Å². The number of nitrogens with zero attached hydrogens (tertiary/aromatic N) is 4. The molecule has 0 bridgehead atoms. The predicted octanol–water partition coefficient (Wildman–Crippen LogP) is 1.84. The Morgan fingerprint density at radius 3 is 3.00 bits per heavy atom. The van der Waals surface area contributed by atoms with Crippen LogP contribution in [0.2, 0.25) is 0 Å². The average molecular weight is 309 g/mol. The van der Waals surface area contributed by atoms with Crippen LogP contribution in [0.15, 0.2) is 23.6 Å². The van der Waals surface area contributed by atoms with Crippen LogP contribution in [0.3, 0.4) is 0 Å². The average Bonchev–Trinajstić information content (AvgIpc) is 2.85. The first-order valence-corrected chi connectivity index (χ1v) is 6.24. The Labute approximate surface area is 123 Å². The molecule has 110 valence electrons. The molecule has 0 aliphatic rings.